The lowest BCUT2D eigenvalue weighted by atomic mass is 10.1. The number of aromatic nitrogens is 4. The Morgan fingerprint density at radius 3 is 2.61 bits per heavy atom. The molecule has 1 fully saturated rings. The molecule has 9 heteroatoms. The molecule has 0 unspecified atom stereocenters. The van der Waals surface area contributed by atoms with Crippen LogP contribution in [0.15, 0.2) is 72.0 Å². The number of halogens is 1. The summed E-state index contributed by atoms with van der Waals surface area (Å²) in [6.45, 7) is 1.21. The first-order valence-corrected chi connectivity index (χ1v) is 11.4. The monoisotopic (exact) mass is 504 g/mol. The number of para-hydroxylation sites is 1. The Hall–Kier alpha value is -3.72. The minimum absolute atomic E-state index is 0.00362. The minimum atomic E-state index is -0.0331. The molecule has 33 heavy (non-hydrogen) atoms. The van der Waals surface area contributed by atoms with E-state index in [0.717, 1.165) is 23.5 Å². The smallest absolute Gasteiger partial charge is 0.247 e. The number of nitrogens with two attached hydrogens (primary N) is 1. The molecule has 0 radical (unpaired) electrons. The summed E-state index contributed by atoms with van der Waals surface area (Å²) in [6.07, 6.45) is 3.74. The molecule has 2 aromatic carbocycles. The van der Waals surface area contributed by atoms with Gasteiger partial charge in [0, 0.05) is 24.7 Å². The van der Waals surface area contributed by atoms with E-state index in [1.807, 2.05) is 59.3 Å². The summed E-state index contributed by atoms with van der Waals surface area (Å²) >= 11 is 3.16. The number of anilines is 1. The van der Waals surface area contributed by atoms with Crippen molar-refractivity contribution in [2.45, 2.75) is 12.5 Å². The van der Waals surface area contributed by atoms with Crippen LogP contribution in [0.2, 0.25) is 0 Å². The minimum Gasteiger partial charge on any atom is -0.457 e. The Labute approximate surface area is 198 Å². The van der Waals surface area contributed by atoms with Crippen LogP contribution in [-0.2, 0) is 4.79 Å². The molecule has 0 bridgehead atoms. The number of nitrogen functional groups attached to an aromatic ring is 1. The van der Waals surface area contributed by atoms with Gasteiger partial charge in [-0.25, -0.2) is 14.6 Å². The molecule has 0 aliphatic carbocycles. The van der Waals surface area contributed by atoms with E-state index in [2.05, 4.69) is 25.9 Å². The fourth-order valence-electron chi connectivity index (χ4n) is 4.06. The molecule has 2 aromatic heterocycles. The van der Waals surface area contributed by atoms with Crippen molar-refractivity contribution in [3.8, 4) is 22.8 Å². The van der Waals surface area contributed by atoms with Crippen LogP contribution >= 0.6 is 15.9 Å². The van der Waals surface area contributed by atoms with E-state index < -0.39 is 0 Å². The van der Waals surface area contributed by atoms with Crippen LogP contribution in [0.1, 0.15) is 12.5 Å². The highest BCUT2D eigenvalue weighted by atomic mass is 79.9. The maximum atomic E-state index is 12.3. The van der Waals surface area contributed by atoms with Crippen molar-refractivity contribution in [2.75, 3.05) is 18.8 Å². The number of hydrogen-bond donors (Lipinski definition) is 1. The summed E-state index contributed by atoms with van der Waals surface area (Å²) in [7, 11) is 0. The molecule has 0 spiro atoms. The van der Waals surface area contributed by atoms with E-state index in [-0.39, 0.29) is 11.9 Å². The Morgan fingerprint density at radius 1 is 1.09 bits per heavy atom. The number of benzene rings is 2. The highest BCUT2D eigenvalue weighted by Crippen LogP contribution is 2.35. The summed E-state index contributed by atoms with van der Waals surface area (Å²) in [5, 5.41) is 5.59. The van der Waals surface area contributed by atoms with Gasteiger partial charge in [-0.1, -0.05) is 34.1 Å². The van der Waals surface area contributed by atoms with Gasteiger partial charge < -0.3 is 15.4 Å². The lowest BCUT2D eigenvalue weighted by molar-refractivity contribution is -0.125. The Kier molecular flexibility index (Phi) is 5.78. The van der Waals surface area contributed by atoms with Gasteiger partial charge in [0.2, 0.25) is 5.91 Å². The highest BCUT2D eigenvalue weighted by Gasteiger charge is 2.30. The maximum absolute atomic E-state index is 12.3. The van der Waals surface area contributed by atoms with Crippen LogP contribution in [0.25, 0.3) is 22.3 Å². The molecule has 2 N–H and O–H groups in total. The average molecular weight is 505 g/mol. The molecule has 1 amide bonds. The Bertz CT molecular complexity index is 1320. The number of amides is 1. The highest BCUT2D eigenvalue weighted by molar-refractivity contribution is 9.11. The van der Waals surface area contributed by atoms with Crippen LogP contribution in [-0.4, -0.2) is 43.6 Å². The number of nitrogens with zero attached hydrogens (tertiary/aromatic N) is 5. The fourth-order valence-corrected chi connectivity index (χ4v) is 4.28. The van der Waals surface area contributed by atoms with E-state index in [1.54, 1.807) is 9.89 Å². The molecule has 5 rings (SSSR count). The van der Waals surface area contributed by atoms with Crippen molar-refractivity contribution < 1.29 is 9.53 Å². The van der Waals surface area contributed by atoms with Crippen LogP contribution in [0, 0.1) is 0 Å². The molecule has 8 nitrogen and oxygen atoms in total. The largest absolute Gasteiger partial charge is 0.457 e. The zero-order chi connectivity index (χ0) is 22.8. The molecule has 1 aliphatic rings. The average Bonchev–Trinajstić information content (AvgIpc) is 3.47. The summed E-state index contributed by atoms with van der Waals surface area (Å²) in [5.74, 6) is 1.84. The third-order valence-corrected chi connectivity index (χ3v) is 5.92. The number of carbonyl (C=O) groups excluding carboxylic acids is 1. The Morgan fingerprint density at radius 2 is 1.85 bits per heavy atom. The first-order chi connectivity index (χ1) is 16.1. The van der Waals surface area contributed by atoms with Crippen molar-refractivity contribution in [1.29, 1.82) is 0 Å². The zero-order valence-electron chi connectivity index (χ0n) is 17.6. The first kappa shape index (κ1) is 21.1. The van der Waals surface area contributed by atoms with E-state index in [4.69, 9.17) is 15.6 Å². The number of carbonyl (C=O) groups is 1. The second-order valence-electron chi connectivity index (χ2n) is 7.71. The number of rotatable bonds is 5. The first-order valence-electron chi connectivity index (χ1n) is 10.5. The summed E-state index contributed by atoms with van der Waals surface area (Å²) in [6, 6.07) is 17.3. The quantitative estimate of drug-likeness (QED) is 0.400. The van der Waals surface area contributed by atoms with Crippen LogP contribution in [0.4, 0.5) is 5.82 Å². The molecule has 0 saturated carbocycles. The van der Waals surface area contributed by atoms with Crippen molar-refractivity contribution in [2.24, 2.45) is 0 Å². The SMILES string of the molecule is Nc1ncnc2c1c(-c1ccc(Oc3ccccc3)cc1)nn2[C@H]1CCN(C(=O)/C=C\Br)C1. The van der Waals surface area contributed by atoms with Crippen LogP contribution in [0.3, 0.4) is 0 Å². The van der Waals surface area contributed by atoms with Crippen molar-refractivity contribution in [1.82, 2.24) is 24.6 Å². The van der Waals surface area contributed by atoms with Gasteiger partial charge in [0.1, 0.15) is 29.3 Å². The number of fused-ring (bicyclic) bond motifs is 1. The predicted molar refractivity (Wildman–Crippen MR) is 130 cm³/mol. The predicted octanol–water partition coefficient (Wildman–Crippen LogP) is 4.55. The fraction of sp³-hybridized carbons (Fsp3) is 0.167. The zero-order valence-corrected chi connectivity index (χ0v) is 19.2. The normalized spacial score (nSPS) is 16.0. The van der Waals surface area contributed by atoms with Gasteiger partial charge in [-0.3, -0.25) is 4.79 Å². The number of ether oxygens (including phenoxy) is 1. The molecule has 1 aliphatic heterocycles. The van der Waals surface area contributed by atoms with Gasteiger partial charge in [-0.05, 0) is 47.8 Å². The lowest BCUT2D eigenvalue weighted by Crippen LogP contribution is -2.27. The number of hydrogen-bond acceptors (Lipinski definition) is 6. The molecule has 166 valence electrons. The van der Waals surface area contributed by atoms with E-state index in [1.165, 1.54) is 12.4 Å². The third-order valence-electron chi connectivity index (χ3n) is 5.65. The summed E-state index contributed by atoms with van der Waals surface area (Å²) < 4.78 is 7.78. The standard InChI is InChI=1S/C24H21BrN6O2/c25-12-10-20(32)30-13-11-17(14-30)31-24-21(23(26)27-15-28-24)22(29-31)16-6-8-19(9-7-16)33-18-4-2-1-3-5-18/h1-10,12,15,17H,11,13-14H2,(H2,26,27,28)/b12-10-/t17-/m0/s1. The number of likely N-dealkylation sites (tertiary alicyclic amines) is 1. The van der Waals surface area contributed by atoms with Gasteiger partial charge >= 0.3 is 0 Å². The second kappa shape index (κ2) is 9.03. The summed E-state index contributed by atoms with van der Waals surface area (Å²) in [5.41, 5.74) is 8.50. The molecule has 1 saturated heterocycles. The van der Waals surface area contributed by atoms with Gasteiger partial charge in [-0.2, -0.15) is 5.10 Å². The summed E-state index contributed by atoms with van der Waals surface area (Å²) in [4.78, 5) is 24.3. The van der Waals surface area contributed by atoms with E-state index >= 15 is 0 Å². The molecule has 1 atom stereocenters. The van der Waals surface area contributed by atoms with Crippen molar-refractivity contribution >= 4 is 38.7 Å². The topological polar surface area (TPSA) is 99.2 Å². The molecule has 4 aromatic rings. The molecule has 3 heterocycles. The van der Waals surface area contributed by atoms with Crippen LogP contribution in [0.5, 0.6) is 11.5 Å². The van der Waals surface area contributed by atoms with E-state index in [9.17, 15) is 4.79 Å². The second-order valence-corrected chi connectivity index (χ2v) is 8.24. The van der Waals surface area contributed by atoms with E-state index in [0.29, 0.717) is 35.6 Å². The van der Waals surface area contributed by atoms with Gasteiger partial charge in [0.25, 0.3) is 0 Å². The molecular weight excluding hydrogens is 484 g/mol. The molecular formula is C24H21BrN6O2. The lowest BCUT2D eigenvalue weighted by Gasteiger charge is -2.14. The Balaban J connectivity index is 1.47. The van der Waals surface area contributed by atoms with Gasteiger partial charge in [0.15, 0.2) is 5.65 Å². The van der Waals surface area contributed by atoms with Gasteiger partial charge in [0.05, 0.1) is 11.4 Å². The van der Waals surface area contributed by atoms with Crippen molar-refractivity contribution in [3.63, 3.8) is 0 Å². The van der Waals surface area contributed by atoms with Gasteiger partial charge in [-0.15, -0.1) is 0 Å². The third kappa shape index (κ3) is 4.19. The van der Waals surface area contributed by atoms with Crippen LogP contribution < -0.4 is 10.5 Å². The van der Waals surface area contributed by atoms with Crippen molar-refractivity contribution in [3.05, 3.63) is 72.0 Å². The maximum Gasteiger partial charge on any atom is 0.247 e.